The van der Waals surface area contributed by atoms with Gasteiger partial charge in [-0.1, -0.05) is 0 Å². The summed E-state index contributed by atoms with van der Waals surface area (Å²) >= 11 is 0. The van der Waals surface area contributed by atoms with Crippen LogP contribution >= 0.6 is 0 Å². The lowest BCUT2D eigenvalue weighted by atomic mass is 10.0. The molecular weight excluding hydrogens is 244 g/mol. The van der Waals surface area contributed by atoms with Crippen LogP contribution in [0.3, 0.4) is 0 Å². The molecule has 0 aliphatic carbocycles. The number of nitrogens with two attached hydrogens (primary N) is 2. The molecule has 0 spiro atoms. The van der Waals surface area contributed by atoms with Crippen LogP contribution in [0.2, 0.25) is 0 Å². The van der Waals surface area contributed by atoms with E-state index in [2.05, 4.69) is 15.5 Å². The molecule has 1 unspecified atom stereocenters. The number of hydrazine groups is 1. The molecule has 0 bridgehead atoms. The molecule has 0 saturated heterocycles. The van der Waals surface area contributed by atoms with Gasteiger partial charge in [-0.2, -0.15) is 5.10 Å². The Kier molecular flexibility index (Phi) is 3.98. The summed E-state index contributed by atoms with van der Waals surface area (Å²) in [5, 5.41) is 4.11. The van der Waals surface area contributed by atoms with Crippen LogP contribution in [-0.2, 0) is 7.05 Å². The van der Waals surface area contributed by atoms with Gasteiger partial charge < -0.3 is 10.5 Å². The van der Waals surface area contributed by atoms with Crippen molar-refractivity contribution in [2.75, 3.05) is 12.3 Å². The van der Waals surface area contributed by atoms with Crippen molar-refractivity contribution < 1.29 is 4.74 Å². The highest BCUT2D eigenvalue weighted by atomic mass is 16.5. The number of hydrogen-bond acceptors (Lipinski definition) is 6. The molecule has 0 radical (unpaired) electrons. The Hall–Kier alpha value is -2.12. The molecule has 0 aromatic carbocycles. The summed E-state index contributed by atoms with van der Waals surface area (Å²) in [5.41, 5.74) is 10.4. The van der Waals surface area contributed by atoms with Gasteiger partial charge in [0.05, 0.1) is 25.0 Å². The minimum absolute atomic E-state index is 0.276. The standard InChI is InChI=1S/C12H18N6O/c1-3-19-9-4-8(5-15-6-9)11(17-14)10-7-16-18(2)12(10)13/h4-7,11,17H,3,13-14H2,1-2H3. The zero-order chi connectivity index (χ0) is 13.8. The second kappa shape index (κ2) is 5.68. The van der Waals surface area contributed by atoms with E-state index in [1.807, 2.05) is 13.0 Å². The lowest BCUT2D eigenvalue weighted by molar-refractivity contribution is 0.338. The van der Waals surface area contributed by atoms with Gasteiger partial charge in [0, 0.05) is 18.8 Å². The third-order valence-corrected chi connectivity index (χ3v) is 2.87. The first-order valence-electron chi connectivity index (χ1n) is 5.98. The SMILES string of the molecule is CCOc1cncc(C(NN)c2cnn(C)c2N)c1. The maximum Gasteiger partial charge on any atom is 0.137 e. The van der Waals surface area contributed by atoms with Crippen molar-refractivity contribution in [3.63, 3.8) is 0 Å². The van der Waals surface area contributed by atoms with Crippen LogP contribution in [0.5, 0.6) is 5.75 Å². The first kappa shape index (κ1) is 13.3. The van der Waals surface area contributed by atoms with Crippen LogP contribution in [0, 0.1) is 0 Å². The van der Waals surface area contributed by atoms with Crippen molar-refractivity contribution in [3.05, 3.63) is 35.8 Å². The first-order valence-corrected chi connectivity index (χ1v) is 5.98. The molecule has 7 nitrogen and oxygen atoms in total. The van der Waals surface area contributed by atoms with Gasteiger partial charge in [0.15, 0.2) is 0 Å². The second-order valence-electron chi connectivity index (χ2n) is 4.10. The molecule has 0 aliphatic heterocycles. The molecule has 0 aliphatic rings. The normalized spacial score (nSPS) is 12.4. The minimum Gasteiger partial charge on any atom is -0.492 e. The van der Waals surface area contributed by atoms with Crippen molar-refractivity contribution in [3.8, 4) is 5.75 Å². The third kappa shape index (κ3) is 2.67. The maximum absolute atomic E-state index is 5.97. The molecule has 102 valence electrons. The third-order valence-electron chi connectivity index (χ3n) is 2.87. The Bertz CT molecular complexity index is 553. The van der Waals surface area contributed by atoms with E-state index in [4.69, 9.17) is 16.3 Å². The van der Waals surface area contributed by atoms with Crippen LogP contribution in [0.25, 0.3) is 0 Å². The van der Waals surface area contributed by atoms with Crippen molar-refractivity contribution in [2.45, 2.75) is 13.0 Å². The molecule has 2 aromatic heterocycles. The van der Waals surface area contributed by atoms with Crippen molar-refractivity contribution in [2.24, 2.45) is 12.9 Å². The van der Waals surface area contributed by atoms with E-state index in [9.17, 15) is 0 Å². The van der Waals surface area contributed by atoms with E-state index >= 15 is 0 Å². The summed E-state index contributed by atoms with van der Waals surface area (Å²) in [6.45, 7) is 2.51. The first-order chi connectivity index (χ1) is 9.17. The van der Waals surface area contributed by atoms with Crippen molar-refractivity contribution in [1.82, 2.24) is 20.2 Å². The summed E-state index contributed by atoms with van der Waals surface area (Å²) in [6, 6.07) is 1.61. The van der Waals surface area contributed by atoms with Gasteiger partial charge in [0.1, 0.15) is 11.6 Å². The predicted octanol–water partition coefficient (Wildman–Crippen LogP) is 0.349. The van der Waals surface area contributed by atoms with Crippen LogP contribution in [0.1, 0.15) is 24.1 Å². The minimum atomic E-state index is -0.276. The molecule has 2 rings (SSSR count). The Morgan fingerprint density at radius 1 is 1.42 bits per heavy atom. The number of hydrogen-bond donors (Lipinski definition) is 3. The molecule has 1 atom stereocenters. The fraction of sp³-hybridized carbons (Fsp3) is 0.333. The predicted molar refractivity (Wildman–Crippen MR) is 72.2 cm³/mol. The fourth-order valence-electron chi connectivity index (χ4n) is 1.89. The van der Waals surface area contributed by atoms with Crippen LogP contribution in [0.4, 0.5) is 5.82 Å². The quantitative estimate of drug-likeness (QED) is 0.530. The topological polar surface area (TPSA) is 104 Å². The average molecular weight is 262 g/mol. The highest BCUT2D eigenvalue weighted by Crippen LogP contribution is 2.27. The second-order valence-corrected chi connectivity index (χ2v) is 4.10. The zero-order valence-electron chi connectivity index (χ0n) is 11.0. The number of rotatable bonds is 5. The molecule has 0 fully saturated rings. The van der Waals surface area contributed by atoms with Crippen molar-refractivity contribution in [1.29, 1.82) is 0 Å². The number of nitrogens with zero attached hydrogens (tertiary/aromatic N) is 3. The molecular formula is C12H18N6O. The number of nitrogen functional groups attached to an aromatic ring is 1. The van der Waals surface area contributed by atoms with E-state index in [1.165, 1.54) is 0 Å². The molecule has 19 heavy (non-hydrogen) atoms. The largest absolute Gasteiger partial charge is 0.492 e. The van der Waals surface area contributed by atoms with E-state index in [-0.39, 0.29) is 6.04 Å². The molecule has 0 amide bonds. The van der Waals surface area contributed by atoms with Crippen LogP contribution in [0.15, 0.2) is 24.7 Å². The number of aromatic nitrogens is 3. The number of pyridine rings is 1. The van der Waals surface area contributed by atoms with Crippen LogP contribution in [-0.4, -0.2) is 21.4 Å². The number of aryl methyl sites for hydroxylation is 1. The zero-order valence-corrected chi connectivity index (χ0v) is 11.0. The maximum atomic E-state index is 5.97. The van der Waals surface area contributed by atoms with Gasteiger partial charge in [0.25, 0.3) is 0 Å². The Morgan fingerprint density at radius 2 is 2.21 bits per heavy atom. The number of ether oxygens (including phenoxy) is 1. The molecule has 7 heteroatoms. The van der Waals surface area contributed by atoms with Crippen LogP contribution < -0.4 is 21.7 Å². The number of nitrogens with one attached hydrogen (secondary N) is 1. The average Bonchev–Trinajstić information content (AvgIpc) is 2.73. The van der Waals surface area contributed by atoms with E-state index in [0.29, 0.717) is 18.2 Å². The lowest BCUT2D eigenvalue weighted by Gasteiger charge is -2.16. The Balaban J connectivity index is 2.36. The van der Waals surface area contributed by atoms with E-state index in [1.54, 1.807) is 30.3 Å². The fourth-order valence-corrected chi connectivity index (χ4v) is 1.89. The van der Waals surface area contributed by atoms with E-state index in [0.717, 1.165) is 11.1 Å². The summed E-state index contributed by atoms with van der Waals surface area (Å²) in [4.78, 5) is 4.15. The monoisotopic (exact) mass is 262 g/mol. The molecule has 5 N–H and O–H groups in total. The Morgan fingerprint density at radius 3 is 2.79 bits per heavy atom. The van der Waals surface area contributed by atoms with Gasteiger partial charge in [-0.15, -0.1) is 0 Å². The molecule has 2 aromatic rings. The van der Waals surface area contributed by atoms with Gasteiger partial charge in [-0.3, -0.25) is 15.5 Å². The smallest absolute Gasteiger partial charge is 0.137 e. The summed E-state index contributed by atoms with van der Waals surface area (Å²) in [5.74, 6) is 6.88. The van der Waals surface area contributed by atoms with E-state index < -0.39 is 0 Å². The van der Waals surface area contributed by atoms with Crippen molar-refractivity contribution >= 4 is 5.82 Å². The Labute approximate surface area is 111 Å². The number of anilines is 1. The van der Waals surface area contributed by atoms with Gasteiger partial charge >= 0.3 is 0 Å². The molecule has 0 saturated carbocycles. The highest BCUT2D eigenvalue weighted by molar-refractivity contribution is 5.45. The van der Waals surface area contributed by atoms with Gasteiger partial charge in [0.2, 0.25) is 0 Å². The summed E-state index contributed by atoms with van der Waals surface area (Å²) in [6.07, 6.45) is 5.07. The van der Waals surface area contributed by atoms with Gasteiger partial charge in [-0.25, -0.2) is 5.43 Å². The summed E-state index contributed by atoms with van der Waals surface area (Å²) < 4.78 is 7.03. The highest BCUT2D eigenvalue weighted by Gasteiger charge is 2.19. The molecule has 2 heterocycles. The van der Waals surface area contributed by atoms with Gasteiger partial charge in [-0.05, 0) is 18.6 Å². The lowest BCUT2D eigenvalue weighted by Crippen LogP contribution is -2.29. The summed E-state index contributed by atoms with van der Waals surface area (Å²) in [7, 11) is 1.78.